The van der Waals surface area contributed by atoms with Crippen molar-refractivity contribution in [3.05, 3.63) is 34.9 Å². The van der Waals surface area contributed by atoms with E-state index in [9.17, 15) is 4.21 Å². The summed E-state index contributed by atoms with van der Waals surface area (Å²) in [6.45, 7) is 3.69. The van der Waals surface area contributed by atoms with Crippen LogP contribution in [0.15, 0.2) is 18.2 Å². The van der Waals surface area contributed by atoms with Crippen LogP contribution in [0.3, 0.4) is 0 Å². The Hall–Kier alpha value is -1.18. The number of nitrogens with zero attached hydrogens (tertiary/aromatic N) is 1. The van der Waals surface area contributed by atoms with E-state index >= 15 is 0 Å². The molecule has 4 heteroatoms. The van der Waals surface area contributed by atoms with Crippen molar-refractivity contribution in [2.45, 2.75) is 19.9 Å². The lowest BCUT2D eigenvalue weighted by atomic mass is 10.1. The van der Waals surface area contributed by atoms with Gasteiger partial charge in [-0.05, 0) is 43.1 Å². The van der Waals surface area contributed by atoms with Crippen LogP contribution < -0.4 is 5.32 Å². The molecule has 0 aliphatic carbocycles. The molecule has 0 aliphatic heterocycles. The Morgan fingerprint density at radius 1 is 1.47 bits per heavy atom. The molecular weight excluding hydrogens is 232 g/mol. The average Bonchev–Trinajstić information content (AvgIpc) is 2.30. The van der Waals surface area contributed by atoms with Crippen molar-refractivity contribution in [2.24, 2.45) is 0 Å². The maximum atomic E-state index is 10.9. The zero-order chi connectivity index (χ0) is 12.7. The fraction of sp³-hybridized carbons (Fsp3) is 0.462. The van der Waals surface area contributed by atoms with Gasteiger partial charge in [-0.3, -0.25) is 4.21 Å². The summed E-state index contributed by atoms with van der Waals surface area (Å²) in [6, 6.07) is 7.85. The Balaban J connectivity index is 2.37. The first-order valence-corrected chi connectivity index (χ1v) is 7.36. The van der Waals surface area contributed by atoms with E-state index in [0.29, 0.717) is 5.56 Å². The molecule has 17 heavy (non-hydrogen) atoms. The van der Waals surface area contributed by atoms with E-state index < -0.39 is 10.8 Å². The molecule has 1 N–H and O–H groups in total. The second-order valence-electron chi connectivity index (χ2n) is 4.06. The van der Waals surface area contributed by atoms with Gasteiger partial charge in [-0.25, -0.2) is 0 Å². The maximum absolute atomic E-state index is 10.9. The predicted molar refractivity (Wildman–Crippen MR) is 71.2 cm³/mol. The number of rotatable bonds is 6. The van der Waals surface area contributed by atoms with Crippen LogP contribution in [0, 0.1) is 18.3 Å². The molecule has 0 radical (unpaired) electrons. The SMILES string of the molecule is Cc1cc(C#N)ccc1CNCCCS(C)=O. The third-order valence-corrected chi connectivity index (χ3v) is 3.44. The summed E-state index contributed by atoms with van der Waals surface area (Å²) < 4.78 is 10.9. The van der Waals surface area contributed by atoms with Gasteiger partial charge in [-0.15, -0.1) is 0 Å². The summed E-state index contributed by atoms with van der Waals surface area (Å²) in [5.41, 5.74) is 3.05. The standard InChI is InChI=1S/C13H18N2OS/c1-11-8-12(9-14)4-5-13(11)10-15-6-3-7-17(2)16/h4-5,8,15H,3,6-7,10H2,1-2H3. The number of hydrogen-bond acceptors (Lipinski definition) is 3. The molecule has 0 saturated heterocycles. The molecule has 1 unspecified atom stereocenters. The number of nitrogens with one attached hydrogen (secondary N) is 1. The van der Waals surface area contributed by atoms with Crippen molar-refractivity contribution in [3.63, 3.8) is 0 Å². The largest absolute Gasteiger partial charge is 0.313 e. The molecule has 1 aromatic carbocycles. The Kier molecular flexibility index (Phi) is 5.88. The van der Waals surface area contributed by atoms with Gasteiger partial charge in [0.15, 0.2) is 0 Å². The van der Waals surface area contributed by atoms with E-state index in [1.807, 2.05) is 25.1 Å². The van der Waals surface area contributed by atoms with E-state index in [4.69, 9.17) is 5.26 Å². The van der Waals surface area contributed by atoms with E-state index in [0.717, 1.165) is 30.8 Å². The molecule has 0 saturated carbocycles. The minimum atomic E-state index is -0.698. The normalized spacial score (nSPS) is 12.1. The van der Waals surface area contributed by atoms with Crippen LogP contribution in [0.2, 0.25) is 0 Å². The lowest BCUT2D eigenvalue weighted by molar-refractivity contribution is 0.661. The summed E-state index contributed by atoms with van der Waals surface area (Å²) in [6.07, 6.45) is 2.66. The van der Waals surface area contributed by atoms with Gasteiger partial charge in [0.2, 0.25) is 0 Å². The summed E-state index contributed by atoms with van der Waals surface area (Å²) in [5, 5.41) is 12.1. The Morgan fingerprint density at radius 3 is 2.82 bits per heavy atom. The second-order valence-corrected chi connectivity index (χ2v) is 5.62. The predicted octanol–water partition coefficient (Wildman–Crippen LogP) is 1.72. The van der Waals surface area contributed by atoms with Crippen LogP contribution in [0.25, 0.3) is 0 Å². The molecule has 1 atom stereocenters. The van der Waals surface area contributed by atoms with Crippen molar-refractivity contribution in [1.29, 1.82) is 5.26 Å². The quantitative estimate of drug-likeness (QED) is 0.782. The van der Waals surface area contributed by atoms with Gasteiger partial charge in [0, 0.05) is 29.4 Å². The smallest absolute Gasteiger partial charge is 0.0991 e. The van der Waals surface area contributed by atoms with Crippen LogP contribution >= 0.6 is 0 Å². The summed E-state index contributed by atoms with van der Waals surface area (Å²) >= 11 is 0. The molecule has 0 amide bonds. The number of aryl methyl sites for hydroxylation is 1. The molecule has 1 rings (SSSR count). The van der Waals surface area contributed by atoms with Crippen molar-refractivity contribution in [1.82, 2.24) is 5.32 Å². The maximum Gasteiger partial charge on any atom is 0.0991 e. The highest BCUT2D eigenvalue weighted by Gasteiger charge is 1.99. The molecule has 0 fully saturated rings. The summed E-state index contributed by atoms with van der Waals surface area (Å²) in [4.78, 5) is 0. The van der Waals surface area contributed by atoms with Gasteiger partial charge in [0.25, 0.3) is 0 Å². The first-order valence-electron chi connectivity index (χ1n) is 5.64. The van der Waals surface area contributed by atoms with Crippen LogP contribution in [-0.2, 0) is 17.3 Å². The molecule has 92 valence electrons. The van der Waals surface area contributed by atoms with Gasteiger partial charge in [0.1, 0.15) is 0 Å². The van der Waals surface area contributed by atoms with E-state index in [1.165, 1.54) is 5.56 Å². The van der Waals surface area contributed by atoms with Gasteiger partial charge < -0.3 is 5.32 Å². The molecule has 0 bridgehead atoms. The van der Waals surface area contributed by atoms with Crippen molar-refractivity contribution in [2.75, 3.05) is 18.6 Å². The first kappa shape index (κ1) is 13.9. The zero-order valence-electron chi connectivity index (χ0n) is 10.3. The Bertz CT molecular complexity index is 438. The number of benzene rings is 1. The second kappa shape index (κ2) is 7.21. The van der Waals surface area contributed by atoms with Gasteiger partial charge in [0.05, 0.1) is 11.6 Å². The zero-order valence-corrected chi connectivity index (χ0v) is 11.1. The van der Waals surface area contributed by atoms with Crippen molar-refractivity contribution >= 4 is 10.8 Å². The van der Waals surface area contributed by atoms with Crippen molar-refractivity contribution in [3.8, 4) is 6.07 Å². The molecule has 1 aromatic rings. The highest BCUT2D eigenvalue weighted by atomic mass is 32.2. The topological polar surface area (TPSA) is 52.9 Å². The minimum absolute atomic E-state index is 0.698. The van der Waals surface area contributed by atoms with Crippen LogP contribution in [-0.4, -0.2) is 22.8 Å². The monoisotopic (exact) mass is 250 g/mol. The van der Waals surface area contributed by atoms with Gasteiger partial charge in [-0.1, -0.05) is 6.07 Å². The fourth-order valence-corrected chi connectivity index (χ4v) is 2.14. The van der Waals surface area contributed by atoms with E-state index in [1.54, 1.807) is 6.26 Å². The molecule has 3 nitrogen and oxygen atoms in total. The van der Waals surface area contributed by atoms with E-state index in [-0.39, 0.29) is 0 Å². The highest BCUT2D eigenvalue weighted by Crippen LogP contribution is 2.10. The highest BCUT2D eigenvalue weighted by molar-refractivity contribution is 7.84. The first-order chi connectivity index (χ1) is 8.13. The number of hydrogen-bond donors (Lipinski definition) is 1. The Morgan fingerprint density at radius 2 is 2.24 bits per heavy atom. The van der Waals surface area contributed by atoms with E-state index in [2.05, 4.69) is 11.4 Å². The minimum Gasteiger partial charge on any atom is -0.313 e. The lowest BCUT2D eigenvalue weighted by Gasteiger charge is -2.07. The fourth-order valence-electron chi connectivity index (χ4n) is 1.59. The van der Waals surface area contributed by atoms with Crippen molar-refractivity contribution < 1.29 is 4.21 Å². The molecule has 0 aromatic heterocycles. The molecule has 0 heterocycles. The molecule has 0 aliphatic rings. The van der Waals surface area contributed by atoms with Crippen LogP contribution in [0.4, 0.5) is 0 Å². The third kappa shape index (κ3) is 5.12. The average molecular weight is 250 g/mol. The number of nitriles is 1. The molecular formula is C13H18N2OS. The van der Waals surface area contributed by atoms with Crippen LogP contribution in [0.1, 0.15) is 23.1 Å². The molecule has 0 spiro atoms. The third-order valence-electron chi connectivity index (χ3n) is 2.57. The van der Waals surface area contributed by atoms with Gasteiger partial charge in [-0.2, -0.15) is 5.26 Å². The van der Waals surface area contributed by atoms with Gasteiger partial charge >= 0.3 is 0 Å². The Labute approximate surface area is 105 Å². The van der Waals surface area contributed by atoms with Crippen LogP contribution in [0.5, 0.6) is 0 Å². The lowest BCUT2D eigenvalue weighted by Crippen LogP contribution is -2.17. The summed E-state index contributed by atoms with van der Waals surface area (Å²) in [5.74, 6) is 0.749. The summed E-state index contributed by atoms with van der Waals surface area (Å²) in [7, 11) is -0.698.